The lowest BCUT2D eigenvalue weighted by molar-refractivity contribution is -0.109. The third-order valence-corrected chi connectivity index (χ3v) is 3.82. The number of aliphatic hydroxyl groups is 1. The van der Waals surface area contributed by atoms with Crippen molar-refractivity contribution in [1.29, 1.82) is 0 Å². The Morgan fingerprint density at radius 3 is 2.52 bits per heavy atom. The Morgan fingerprint density at radius 2 is 2.05 bits per heavy atom. The molecule has 1 saturated heterocycles. The first kappa shape index (κ1) is 16.3. The number of amides is 1. The Labute approximate surface area is 133 Å². The molecule has 1 aliphatic heterocycles. The summed E-state index contributed by atoms with van der Waals surface area (Å²) in [5, 5.41) is 15.0. The zero-order valence-electron chi connectivity index (χ0n) is 13.1. The van der Waals surface area contributed by atoms with E-state index < -0.39 is 17.3 Å². The van der Waals surface area contributed by atoms with Gasteiger partial charge in [0.1, 0.15) is 11.2 Å². The Kier molecular flexibility index (Phi) is 4.10. The summed E-state index contributed by atoms with van der Waals surface area (Å²) < 4.78 is 7.83. The highest BCUT2D eigenvalue weighted by Gasteiger charge is 2.49. The second kappa shape index (κ2) is 5.28. The third-order valence-electron chi connectivity index (χ3n) is 3.24. The van der Waals surface area contributed by atoms with Gasteiger partial charge in [-0.2, -0.15) is 5.10 Å². The van der Waals surface area contributed by atoms with Crippen molar-refractivity contribution < 1.29 is 14.6 Å². The molecule has 0 saturated carbocycles. The Hall–Kier alpha value is -1.08. The number of rotatable bonds is 2. The highest BCUT2D eigenvalue weighted by atomic mass is 79.9. The fraction of sp³-hybridized carbons (Fsp3) is 0.714. The number of carbonyl (C=O) groups excluding carboxylic acids is 1. The van der Waals surface area contributed by atoms with E-state index in [0.29, 0.717) is 5.69 Å². The van der Waals surface area contributed by atoms with Gasteiger partial charge in [-0.05, 0) is 50.5 Å². The van der Waals surface area contributed by atoms with E-state index in [1.54, 1.807) is 10.9 Å². The number of hydrogen-bond acceptors (Lipinski definition) is 4. The lowest BCUT2D eigenvalue weighted by Crippen LogP contribution is -2.62. The van der Waals surface area contributed by atoms with Crippen LogP contribution in [0.3, 0.4) is 0 Å². The van der Waals surface area contributed by atoms with E-state index in [9.17, 15) is 9.90 Å². The zero-order valence-corrected chi connectivity index (χ0v) is 14.6. The molecule has 0 bridgehead atoms. The minimum atomic E-state index is -1.09. The van der Waals surface area contributed by atoms with Gasteiger partial charge in [0.25, 0.3) is 0 Å². The van der Waals surface area contributed by atoms with Crippen molar-refractivity contribution in [1.82, 2.24) is 14.7 Å². The Bertz CT molecular complexity index is 542. The van der Waals surface area contributed by atoms with E-state index >= 15 is 0 Å². The van der Waals surface area contributed by atoms with Crippen LogP contribution in [-0.4, -0.2) is 44.6 Å². The summed E-state index contributed by atoms with van der Waals surface area (Å²) in [4.78, 5) is 13.5. The number of ether oxygens (including phenoxy) is 1. The summed E-state index contributed by atoms with van der Waals surface area (Å²) in [5.41, 5.74) is -0.918. The first-order valence-electron chi connectivity index (χ1n) is 6.97. The van der Waals surface area contributed by atoms with Crippen LogP contribution < -0.4 is 0 Å². The summed E-state index contributed by atoms with van der Waals surface area (Å²) in [6, 6.07) is 0.130. The van der Waals surface area contributed by atoms with Gasteiger partial charge < -0.3 is 14.7 Å². The molecular formula is C14H22BrN3O3. The average molecular weight is 360 g/mol. The number of aromatic nitrogens is 2. The molecule has 7 heteroatoms. The molecule has 21 heavy (non-hydrogen) atoms. The molecule has 2 heterocycles. The second-order valence-electron chi connectivity index (χ2n) is 6.75. The van der Waals surface area contributed by atoms with Crippen molar-refractivity contribution in [3.8, 4) is 0 Å². The molecule has 0 aliphatic carbocycles. The minimum Gasteiger partial charge on any atom is -0.444 e. The Balaban J connectivity index is 2.12. The molecule has 0 aromatic carbocycles. The summed E-state index contributed by atoms with van der Waals surface area (Å²) in [6.07, 6.45) is 1.27. The summed E-state index contributed by atoms with van der Waals surface area (Å²) in [5.74, 6) is 0. The molecule has 1 N–H and O–H groups in total. The van der Waals surface area contributed by atoms with Crippen LogP contribution in [0.1, 0.15) is 46.4 Å². The summed E-state index contributed by atoms with van der Waals surface area (Å²) in [6.45, 7) is 9.87. The van der Waals surface area contributed by atoms with Gasteiger partial charge in [0, 0.05) is 6.04 Å². The van der Waals surface area contributed by atoms with Crippen molar-refractivity contribution in [2.24, 2.45) is 0 Å². The molecule has 1 aromatic heterocycles. The van der Waals surface area contributed by atoms with E-state index in [2.05, 4.69) is 21.0 Å². The molecule has 1 fully saturated rings. The third kappa shape index (κ3) is 3.23. The molecule has 1 aromatic rings. The molecule has 0 unspecified atom stereocenters. The van der Waals surface area contributed by atoms with Crippen molar-refractivity contribution in [2.45, 2.75) is 51.9 Å². The first-order valence-corrected chi connectivity index (χ1v) is 7.76. The molecule has 0 spiro atoms. The quantitative estimate of drug-likeness (QED) is 0.881. The van der Waals surface area contributed by atoms with Gasteiger partial charge in [-0.1, -0.05) is 0 Å². The molecule has 1 aliphatic rings. The lowest BCUT2D eigenvalue weighted by atomic mass is 9.90. The van der Waals surface area contributed by atoms with Crippen molar-refractivity contribution in [2.75, 3.05) is 13.1 Å². The van der Waals surface area contributed by atoms with Crippen LogP contribution in [0.15, 0.2) is 10.7 Å². The van der Waals surface area contributed by atoms with E-state index in [0.717, 1.165) is 4.47 Å². The van der Waals surface area contributed by atoms with Gasteiger partial charge in [-0.3, -0.25) is 4.68 Å². The number of β-amino-alcohol motifs (C(OH)–C–C–N with tert-alkyl or cyclic N) is 1. The van der Waals surface area contributed by atoms with Crippen LogP contribution in [-0.2, 0) is 10.3 Å². The van der Waals surface area contributed by atoms with E-state index in [1.165, 1.54) is 4.90 Å². The molecule has 0 atom stereocenters. The fourth-order valence-corrected chi connectivity index (χ4v) is 3.00. The standard InChI is InChI=1S/C14H22BrN3O3/c1-9(2)18-11(10(15)6-16-18)14(20)7-17(8-14)12(19)21-13(3,4)5/h6,9,20H,7-8H2,1-5H3. The van der Waals surface area contributed by atoms with Crippen LogP contribution >= 0.6 is 15.9 Å². The van der Waals surface area contributed by atoms with Gasteiger partial charge in [-0.25, -0.2) is 4.79 Å². The predicted molar refractivity (Wildman–Crippen MR) is 82.0 cm³/mol. The SMILES string of the molecule is CC(C)n1ncc(Br)c1C1(O)CN(C(=O)OC(C)(C)C)C1. The topological polar surface area (TPSA) is 67.6 Å². The van der Waals surface area contributed by atoms with Crippen LogP contribution in [0.5, 0.6) is 0 Å². The maximum Gasteiger partial charge on any atom is 0.410 e. The lowest BCUT2D eigenvalue weighted by Gasteiger charge is -2.46. The summed E-state index contributed by atoms with van der Waals surface area (Å²) in [7, 11) is 0. The zero-order chi connectivity index (χ0) is 16.0. The molecule has 6 nitrogen and oxygen atoms in total. The number of hydrogen-bond donors (Lipinski definition) is 1. The molecule has 0 radical (unpaired) electrons. The number of halogens is 1. The largest absolute Gasteiger partial charge is 0.444 e. The number of carbonyl (C=O) groups is 1. The van der Waals surface area contributed by atoms with E-state index in [1.807, 2.05) is 34.6 Å². The second-order valence-corrected chi connectivity index (χ2v) is 7.60. The normalized spacial score (nSPS) is 17.8. The smallest absolute Gasteiger partial charge is 0.410 e. The van der Waals surface area contributed by atoms with Gasteiger partial charge >= 0.3 is 6.09 Å². The molecule has 118 valence electrons. The maximum absolute atomic E-state index is 12.0. The van der Waals surface area contributed by atoms with Gasteiger partial charge in [0.2, 0.25) is 0 Å². The highest BCUT2D eigenvalue weighted by molar-refractivity contribution is 9.10. The van der Waals surface area contributed by atoms with Crippen molar-refractivity contribution >= 4 is 22.0 Å². The van der Waals surface area contributed by atoms with E-state index in [4.69, 9.17) is 4.74 Å². The van der Waals surface area contributed by atoms with Gasteiger partial charge in [-0.15, -0.1) is 0 Å². The van der Waals surface area contributed by atoms with Crippen LogP contribution in [0.25, 0.3) is 0 Å². The molecule has 1 amide bonds. The van der Waals surface area contributed by atoms with Crippen LogP contribution in [0, 0.1) is 0 Å². The van der Waals surface area contributed by atoms with Gasteiger partial charge in [0.05, 0.1) is 29.5 Å². The van der Waals surface area contributed by atoms with E-state index in [-0.39, 0.29) is 19.1 Å². The monoisotopic (exact) mass is 359 g/mol. The molecule has 2 rings (SSSR count). The van der Waals surface area contributed by atoms with Crippen LogP contribution in [0.4, 0.5) is 4.79 Å². The predicted octanol–water partition coefficient (Wildman–Crippen LogP) is 2.66. The number of nitrogens with zero attached hydrogens (tertiary/aromatic N) is 3. The van der Waals surface area contributed by atoms with Gasteiger partial charge in [0.15, 0.2) is 0 Å². The average Bonchev–Trinajstić information content (AvgIpc) is 2.65. The first-order chi connectivity index (χ1) is 9.53. The maximum atomic E-state index is 12.0. The Morgan fingerprint density at radius 1 is 1.48 bits per heavy atom. The highest BCUT2D eigenvalue weighted by Crippen LogP contribution is 2.37. The van der Waals surface area contributed by atoms with Crippen molar-refractivity contribution in [3.63, 3.8) is 0 Å². The molecular weight excluding hydrogens is 338 g/mol. The van der Waals surface area contributed by atoms with Crippen molar-refractivity contribution in [3.05, 3.63) is 16.4 Å². The number of likely N-dealkylation sites (tertiary alicyclic amines) is 1. The summed E-state index contributed by atoms with van der Waals surface area (Å²) >= 11 is 3.42. The van der Waals surface area contributed by atoms with Crippen LogP contribution in [0.2, 0.25) is 0 Å². The fourth-order valence-electron chi connectivity index (χ4n) is 2.36. The minimum absolute atomic E-state index is 0.130.